The summed E-state index contributed by atoms with van der Waals surface area (Å²) in [6.07, 6.45) is 4.25. The molecule has 1 N–H and O–H groups in total. The van der Waals surface area contributed by atoms with Crippen LogP contribution in [0.5, 0.6) is 0 Å². The number of fused-ring (bicyclic) bond motifs is 1. The summed E-state index contributed by atoms with van der Waals surface area (Å²) >= 11 is 0. The summed E-state index contributed by atoms with van der Waals surface area (Å²) in [6.45, 7) is 5.12. The van der Waals surface area contributed by atoms with E-state index in [-0.39, 0.29) is 18.5 Å². The first-order valence-corrected chi connectivity index (χ1v) is 11.4. The van der Waals surface area contributed by atoms with Gasteiger partial charge in [-0.3, -0.25) is 24.4 Å². The molecule has 9 nitrogen and oxygen atoms in total. The third-order valence-electron chi connectivity index (χ3n) is 6.76. The van der Waals surface area contributed by atoms with Crippen LogP contribution in [0.15, 0.2) is 29.1 Å². The number of aromatic nitrogens is 2. The molecule has 0 radical (unpaired) electrons. The standard InChI is InChI=1S/C23H31N5O4/c1-17-24-22(26-14-9-18-6-2-3-7-19(18)10-15-26)21(28(31)32)23(30)27(17)13-5-12-25-11-4-8-20(25)16-29/h2-3,6-7,20,29H,4-5,8-16H2,1H3/t20-/m1/s1. The van der Waals surface area contributed by atoms with Gasteiger partial charge in [0.2, 0.25) is 5.82 Å². The molecule has 0 bridgehead atoms. The first-order valence-electron chi connectivity index (χ1n) is 11.4. The predicted molar refractivity (Wildman–Crippen MR) is 122 cm³/mol. The number of nitrogens with zero attached hydrogens (tertiary/aromatic N) is 5. The van der Waals surface area contributed by atoms with Gasteiger partial charge in [-0.2, -0.15) is 0 Å². The van der Waals surface area contributed by atoms with Gasteiger partial charge < -0.3 is 10.0 Å². The van der Waals surface area contributed by atoms with Crippen LogP contribution in [0.4, 0.5) is 11.5 Å². The SMILES string of the molecule is Cc1nc(N2CCc3ccccc3CC2)c([N+](=O)[O-])c(=O)n1CCCN1CCC[C@@H]1CO. The number of hydrogen-bond donors (Lipinski definition) is 1. The van der Waals surface area contributed by atoms with Crippen LogP contribution in [0, 0.1) is 17.0 Å². The monoisotopic (exact) mass is 441 g/mol. The summed E-state index contributed by atoms with van der Waals surface area (Å²) in [6, 6.07) is 8.36. The Balaban J connectivity index is 1.54. The van der Waals surface area contributed by atoms with Gasteiger partial charge in [0.15, 0.2) is 0 Å². The number of anilines is 1. The molecule has 1 saturated heterocycles. The molecule has 9 heteroatoms. The van der Waals surface area contributed by atoms with Crippen molar-refractivity contribution in [3.63, 3.8) is 0 Å². The first kappa shape index (κ1) is 22.4. The summed E-state index contributed by atoms with van der Waals surface area (Å²) in [5, 5.41) is 21.4. The lowest BCUT2D eigenvalue weighted by Gasteiger charge is -2.24. The number of benzene rings is 1. The highest BCUT2D eigenvalue weighted by Gasteiger charge is 2.30. The summed E-state index contributed by atoms with van der Waals surface area (Å²) in [4.78, 5) is 33.1. The molecule has 0 saturated carbocycles. The molecule has 1 aromatic heterocycles. The van der Waals surface area contributed by atoms with E-state index in [2.05, 4.69) is 22.0 Å². The van der Waals surface area contributed by atoms with E-state index in [0.717, 1.165) is 38.8 Å². The van der Waals surface area contributed by atoms with Crippen molar-refractivity contribution in [2.24, 2.45) is 0 Å². The van der Waals surface area contributed by atoms with Crippen molar-refractivity contribution in [1.82, 2.24) is 14.5 Å². The lowest BCUT2D eigenvalue weighted by atomic mass is 10.0. The van der Waals surface area contributed by atoms with E-state index < -0.39 is 16.2 Å². The average molecular weight is 442 g/mol. The fourth-order valence-electron chi connectivity index (χ4n) is 4.99. The van der Waals surface area contributed by atoms with Gasteiger partial charge in [0.05, 0.1) is 11.5 Å². The third-order valence-corrected chi connectivity index (χ3v) is 6.76. The zero-order valence-corrected chi connectivity index (χ0v) is 18.6. The molecule has 1 atom stereocenters. The fourth-order valence-corrected chi connectivity index (χ4v) is 4.99. The van der Waals surface area contributed by atoms with Gasteiger partial charge in [-0.1, -0.05) is 24.3 Å². The number of nitro groups is 1. The maximum atomic E-state index is 13.1. The van der Waals surface area contributed by atoms with Gasteiger partial charge in [0, 0.05) is 32.2 Å². The zero-order valence-electron chi connectivity index (χ0n) is 18.6. The summed E-state index contributed by atoms with van der Waals surface area (Å²) in [5.74, 6) is 0.680. The average Bonchev–Trinajstić information content (AvgIpc) is 3.12. The Bertz CT molecular complexity index is 1010. The molecular weight excluding hydrogens is 410 g/mol. The molecule has 1 fully saturated rings. The predicted octanol–water partition coefficient (Wildman–Crippen LogP) is 1.91. The van der Waals surface area contributed by atoms with Crippen LogP contribution in [-0.4, -0.2) is 63.3 Å². The van der Waals surface area contributed by atoms with Crippen molar-refractivity contribution in [1.29, 1.82) is 0 Å². The van der Waals surface area contributed by atoms with Gasteiger partial charge in [0.25, 0.3) is 0 Å². The van der Waals surface area contributed by atoms with Crippen LogP contribution in [-0.2, 0) is 19.4 Å². The molecule has 2 aliphatic rings. The van der Waals surface area contributed by atoms with Gasteiger partial charge in [0.1, 0.15) is 5.82 Å². The van der Waals surface area contributed by atoms with Crippen LogP contribution < -0.4 is 10.5 Å². The number of aliphatic hydroxyl groups excluding tert-OH is 1. The van der Waals surface area contributed by atoms with E-state index in [9.17, 15) is 20.0 Å². The molecule has 0 aliphatic carbocycles. The Labute approximate surface area is 187 Å². The van der Waals surface area contributed by atoms with E-state index in [4.69, 9.17) is 0 Å². The zero-order chi connectivity index (χ0) is 22.7. The minimum atomic E-state index is -0.584. The molecular formula is C23H31N5O4. The third kappa shape index (κ3) is 4.54. The van der Waals surface area contributed by atoms with E-state index in [1.165, 1.54) is 15.7 Å². The quantitative estimate of drug-likeness (QED) is 0.517. The Morgan fingerprint density at radius 2 is 1.84 bits per heavy atom. The van der Waals surface area contributed by atoms with Gasteiger partial charge >= 0.3 is 11.2 Å². The highest BCUT2D eigenvalue weighted by atomic mass is 16.6. The molecule has 32 heavy (non-hydrogen) atoms. The Morgan fingerprint density at radius 3 is 2.47 bits per heavy atom. The fraction of sp³-hybridized carbons (Fsp3) is 0.565. The Kier molecular flexibility index (Phi) is 6.86. The van der Waals surface area contributed by atoms with Crippen LogP contribution in [0.1, 0.15) is 36.2 Å². The second kappa shape index (κ2) is 9.79. The highest BCUT2D eigenvalue weighted by molar-refractivity contribution is 5.57. The number of hydrogen-bond acceptors (Lipinski definition) is 7. The summed E-state index contributed by atoms with van der Waals surface area (Å²) in [5.41, 5.74) is 1.46. The van der Waals surface area contributed by atoms with Crippen LogP contribution in [0.25, 0.3) is 0 Å². The molecule has 0 unspecified atom stereocenters. The minimum Gasteiger partial charge on any atom is -0.395 e. The summed E-state index contributed by atoms with van der Waals surface area (Å²) in [7, 11) is 0. The van der Waals surface area contributed by atoms with Crippen molar-refractivity contribution in [3.8, 4) is 0 Å². The normalized spacial score (nSPS) is 19.1. The van der Waals surface area contributed by atoms with Gasteiger partial charge in [-0.25, -0.2) is 4.98 Å². The molecule has 2 aromatic rings. The Hall–Kier alpha value is -2.78. The van der Waals surface area contributed by atoms with Crippen LogP contribution in [0.3, 0.4) is 0 Å². The highest BCUT2D eigenvalue weighted by Crippen LogP contribution is 2.26. The first-order chi connectivity index (χ1) is 15.5. The van der Waals surface area contributed by atoms with Crippen molar-refractivity contribution in [2.75, 3.05) is 37.7 Å². The summed E-state index contributed by atoms with van der Waals surface area (Å²) < 4.78 is 1.43. The van der Waals surface area contributed by atoms with E-state index in [1.54, 1.807) is 6.92 Å². The maximum absolute atomic E-state index is 13.1. The molecule has 172 valence electrons. The largest absolute Gasteiger partial charge is 0.395 e. The number of likely N-dealkylation sites (tertiary alicyclic amines) is 1. The van der Waals surface area contributed by atoms with Gasteiger partial charge in [-0.05, 0) is 56.7 Å². The number of aryl methyl sites for hydroxylation is 1. The molecule has 4 rings (SSSR count). The van der Waals surface area contributed by atoms with Gasteiger partial charge in [-0.15, -0.1) is 0 Å². The van der Waals surface area contributed by atoms with Crippen molar-refractivity contribution >= 4 is 11.5 Å². The maximum Gasteiger partial charge on any atom is 0.376 e. The van der Waals surface area contributed by atoms with Crippen LogP contribution in [0.2, 0.25) is 0 Å². The van der Waals surface area contributed by atoms with E-state index in [0.29, 0.717) is 31.9 Å². The molecule has 2 aliphatic heterocycles. The van der Waals surface area contributed by atoms with Crippen LogP contribution >= 0.6 is 0 Å². The van der Waals surface area contributed by atoms with Crippen molar-refractivity contribution in [2.45, 2.75) is 51.6 Å². The van der Waals surface area contributed by atoms with E-state index in [1.807, 2.05) is 17.0 Å². The lowest BCUT2D eigenvalue weighted by Crippen LogP contribution is -2.36. The van der Waals surface area contributed by atoms with Crippen molar-refractivity contribution < 1.29 is 10.0 Å². The van der Waals surface area contributed by atoms with Crippen molar-refractivity contribution in [3.05, 3.63) is 61.7 Å². The molecule has 0 amide bonds. The molecule has 3 heterocycles. The van der Waals surface area contributed by atoms with E-state index >= 15 is 0 Å². The smallest absolute Gasteiger partial charge is 0.376 e. The molecule has 0 spiro atoms. The minimum absolute atomic E-state index is 0.139. The number of aliphatic hydroxyl groups is 1. The second-order valence-corrected chi connectivity index (χ2v) is 8.67. The molecule has 1 aromatic carbocycles. The lowest BCUT2D eigenvalue weighted by molar-refractivity contribution is -0.386. The number of rotatable bonds is 7. The topological polar surface area (TPSA) is 105 Å². The Morgan fingerprint density at radius 1 is 1.16 bits per heavy atom. The second-order valence-electron chi connectivity index (χ2n) is 8.67.